The third-order valence-corrected chi connectivity index (χ3v) is 0.759. The molecule has 0 aliphatic rings. The SMILES string of the molecule is CCCC(=O)OCC.[Sn]. The van der Waals surface area contributed by atoms with Gasteiger partial charge >= 0.3 is 5.97 Å². The van der Waals surface area contributed by atoms with Crippen molar-refractivity contribution in [3.8, 4) is 0 Å². The van der Waals surface area contributed by atoms with Crippen molar-refractivity contribution in [2.45, 2.75) is 26.7 Å². The van der Waals surface area contributed by atoms with Crippen LogP contribution in [0.5, 0.6) is 0 Å². The molecule has 0 aromatic heterocycles. The van der Waals surface area contributed by atoms with Crippen LogP contribution in [0, 0.1) is 0 Å². The Morgan fingerprint density at radius 1 is 1.44 bits per heavy atom. The van der Waals surface area contributed by atoms with Gasteiger partial charge in [-0.1, -0.05) is 6.92 Å². The summed E-state index contributed by atoms with van der Waals surface area (Å²) in [5.41, 5.74) is 0. The van der Waals surface area contributed by atoms with Crippen molar-refractivity contribution in [1.82, 2.24) is 0 Å². The van der Waals surface area contributed by atoms with Crippen molar-refractivity contribution < 1.29 is 9.53 Å². The Hall–Kier alpha value is 0.269. The molecule has 0 bridgehead atoms. The molecule has 0 saturated heterocycles. The van der Waals surface area contributed by atoms with Crippen LogP contribution in [0.4, 0.5) is 0 Å². The first-order valence-corrected chi connectivity index (χ1v) is 2.96. The molecule has 0 rings (SSSR count). The zero-order valence-electron chi connectivity index (χ0n) is 5.94. The molecule has 0 saturated carbocycles. The quantitative estimate of drug-likeness (QED) is 0.538. The molecule has 0 amide bonds. The second-order valence-corrected chi connectivity index (χ2v) is 1.56. The average molecular weight is 235 g/mol. The Labute approximate surface area is 72.9 Å². The number of hydrogen-bond donors (Lipinski definition) is 0. The van der Waals surface area contributed by atoms with Crippen LogP contribution < -0.4 is 0 Å². The molecule has 0 aliphatic carbocycles. The molecular formula is C6H12O2Sn. The summed E-state index contributed by atoms with van der Waals surface area (Å²) in [5, 5.41) is 0. The first-order chi connectivity index (χ1) is 3.81. The average Bonchev–Trinajstić information content (AvgIpc) is 1.68. The third kappa shape index (κ3) is 8.27. The van der Waals surface area contributed by atoms with E-state index in [0.717, 1.165) is 6.42 Å². The van der Waals surface area contributed by atoms with Gasteiger partial charge in [-0.05, 0) is 13.3 Å². The van der Waals surface area contributed by atoms with E-state index in [9.17, 15) is 4.79 Å². The number of esters is 1. The minimum absolute atomic E-state index is 0. The molecule has 0 fully saturated rings. The van der Waals surface area contributed by atoms with Gasteiger partial charge < -0.3 is 4.74 Å². The van der Waals surface area contributed by atoms with Gasteiger partial charge in [0.1, 0.15) is 0 Å². The number of ether oxygens (including phenoxy) is 1. The van der Waals surface area contributed by atoms with Gasteiger partial charge in [-0.25, -0.2) is 0 Å². The van der Waals surface area contributed by atoms with Crippen molar-refractivity contribution in [2.24, 2.45) is 0 Å². The largest absolute Gasteiger partial charge is 0.466 e. The van der Waals surface area contributed by atoms with E-state index in [4.69, 9.17) is 0 Å². The minimum Gasteiger partial charge on any atom is -0.466 e. The smallest absolute Gasteiger partial charge is 0.305 e. The molecule has 0 heterocycles. The normalized spacial score (nSPS) is 7.78. The minimum atomic E-state index is -0.0880. The molecule has 4 radical (unpaired) electrons. The fourth-order valence-electron chi connectivity index (χ4n) is 0.437. The Kier molecular flexibility index (Phi) is 11.0. The topological polar surface area (TPSA) is 26.3 Å². The predicted octanol–water partition coefficient (Wildman–Crippen LogP) is 0.969. The Morgan fingerprint density at radius 3 is 2.33 bits per heavy atom. The first kappa shape index (κ1) is 12.0. The molecule has 3 heteroatoms. The van der Waals surface area contributed by atoms with Gasteiger partial charge in [0.25, 0.3) is 0 Å². The van der Waals surface area contributed by atoms with E-state index >= 15 is 0 Å². The van der Waals surface area contributed by atoms with Gasteiger partial charge in [0.2, 0.25) is 0 Å². The van der Waals surface area contributed by atoms with Crippen molar-refractivity contribution in [1.29, 1.82) is 0 Å². The van der Waals surface area contributed by atoms with Gasteiger partial charge in [0, 0.05) is 30.3 Å². The van der Waals surface area contributed by atoms with E-state index in [-0.39, 0.29) is 29.9 Å². The molecule has 2 nitrogen and oxygen atoms in total. The molecule has 0 spiro atoms. The summed E-state index contributed by atoms with van der Waals surface area (Å²) < 4.78 is 4.64. The summed E-state index contributed by atoms with van der Waals surface area (Å²) in [7, 11) is 0. The first-order valence-electron chi connectivity index (χ1n) is 2.96. The van der Waals surface area contributed by atoms with Crippen LogP contribution in [0.3, 0.4) is 0 Å². The maximum Gasteiger partial charge on any atom is 0.305 e. The van der Waals surface area contributed by atoms with Crippen molar-refractivity contribution in [3.63, 3.8) is 0 Å². The molecule has 0 aromatic rings. The van der Waals surface area contributed by atoms with E-state index in [0.29, 0.717) is 13.0 Å². The predicted molar refractivity (Wildman–Crippen MR) is 37.3 cm³/mol. The van der Waals surface area contributed by atoms with Crippen molar-refractivity contribution in [2.75, 3.05) is 6.61 Å². The Balaban J connectivity index is 0. The molecule has 9 heavy (non-hydrogen) atoms. The zero-order chi connectivity index (χ0) is 6.41. The molecule has 0 atom stereocenters. The fourth-order valence-corrected chi connectivity index (χ4v) is 0.437. The number of rotatable bonds is 3. The summed E-state index contributed by atoms with van der Waals surface area (Å²) in [5.74, 6) is -0.0880. The summed E-state index contributed by atoms with van der Waals surface area (Å²) >= 11 is 0. The molecule has 0 aromatic carbocycles. The summed E-state index contributed by atoms with van der Waals surface area (Å²) in [6.45, 7) is 4.27. The van der Waals surface area contributed by atoms with Crippen LogP contribution in [-0.4, -0.2) is 36.5 Å². The second kappa shape index (κ2) is 8.27. The van der Waals surface area contributed by atoms with Crippen molar-refractivity contribution in [3.05, 3.63) is 0 Å². The van der Waals surface area contributed by atoms with E-state index in [1.54, 1.807) is 0 Å². The zero-order valence-corrected chi connectivity index (χ0v) is 8.79. The molecule has 52 valence electrons. The van der Waals surface area contributed by atoms with Gasteiger partial charge in [-0.2, -0.15) is 0 Å². The standard InChI is InChI=1S/C6H12O2.Sn/c1-3-5-6(7)8-4-2;/h3-5H2,1-2H3;. The summed E-state index contributed by atoms with van der Waals surface area (Å²) in [6.07, 6.45) is 1.42. The summed E-state index contributed by atoms with van der Waals surface area (Å²) in [6, 6.07) is 0. The van der Waals surface area contributed by atoms with E-state index in [1.807, 2.05) is 13.8 Å². The molecular weight excluding hydrogens is 223 g/mol. The molecule has 0 unspecified atom stereocenters. The molecule has 0 aliphatic heterocycles. The number of carbonyl (C=O) groups excluding carboxylic acids is 1. The van der Waals surface area contributed by atoms with Crippen LogP contribution >= 0.6 is 0 Å². The monoisotopic (exact) mass is 236 g/mol. The summed E-state index contributed by atoms with van der Waals surface area (Å²) in [4.78, 5) is 10.4. The number of hydrogen-bond acceptors (Lipinski definition) is 2. The van der Waals surface area contributed by atoms with Gasteiger partial charge in [0.15, 0.2) is 0 Å². The Morgan fingerprint density at radius 2 is 2.00 bits per heavy atom. The third-order valence-electron chi connectivity index (χ3n) is 0.759. The maximum atomic E-state index is 10.4. The fraction of sp³-hybridized carbons (Fsp3) is 0.833. The maximum absolute atomic E-state index is 10.4. The van der Waals surface area contributed by atoms with Gasteiger partial charge in [-0.15, -0.1) is 0 Å². The van der Waals surface area contributed by atoms with Gasteiger partial charge in [-0.3, -0.25) is 4.79 Å². The van der Waals surface area contributed by atoms with E-state index < -0.39 is 0 Å². The van der Waals surface area contributed by atoms with Gasteiger partial charge in [0.05, 0.1) is 6.61 Å². The van der Waals surface area contributed by atoms with E-state index in [2.05, 4.69) is 4.74 Å². The van der Waals surface area contributed by atoms with Crippen LogP contribution in [0.1, 0.15) is 26.7 Å². The Bertz CT molecular complexity index is 65.5. The van der Waals surface area contributed by atoms with Crippen LogP contribution in [0.25, 0.3) is 0 Å². The van der Waals surface area contributed by atoms with Crippen molar-refractivity contribution >= 4 is 29.9 Å². The van der Waals surface area contributed by atoms with Crippen LogP contribution in [0.2, 0.25) is 0 Å². The molecule has 0 N–H and O–H groups in total. The second-order valence-electron chi connectivity index (χ2n) is 1.56. The van der Waals surface area contributed by atoms with Crippen LogP contribution in [-0.2, 0) is 9.53 Å². The number of carbonyl (C=O) groups is 1. The van der Waals surface area contributed by atoms with E-state index in [1.165, 1.54) is 0 Å². The van der Waals surface area contributed by atoms with Crippen LogP contribution in [0.15, 0.2) is 0 Å².